The highest BCUT2D eigenvalue weighted by atomic mass is 16.3. The van der Waals surface area contributed by atoms with E-state index in [2.05, 4.69) is 48.7 Å². The van der Waals surface area contributed by atoms with E-state index in [1.807, 2.05) is 10.7 Å². The average Bonchev–Trinajstić information content (AvgIpc) is 2.87. The lowest BCUT2D eigenvalue weighted by atomic mass is 9.92. The number of rotatable bonds is 6. The molecule has 0 aliphatic rings. The van der Waals surface area contributed by atoms with E-state index in [1.165, 1.54) is 0 Å². The molecule has 0 radical (unpaired) electrons. The third kappa shape index (κ3) is 3.53. The van der Waals surface area contributed by atoms with Crippen molar-refractivity contribution in [1.82, 2.24) is 14.6 Å². The number of nitrogens with zero attached hydrogens (tertiary/aromatic N) is 4. The lowest BCUT2D eigenvalue weighted by Crippen LogP contribution is -2.29. The summed E-state index contributed by atoms with van der Waals surface area (Å²) in [6, 6.07) is 2.11. The molecule has 116 valence electrons. The number of hydrogen-bond donors (Lipinski definition) is 1. The minimum absolute atomic E-state index is 0.00845. The Hall–Kier alpha value is -1.62. The van der Waals surface area contributed by atoms with Gasteiger partial charge in [0.1, 0.15) is 5.52 Å². The zero-order valence-corrected chi connectivity index (χ0v) is 13.5. The molecule has 0 aliphatic carbocycles. The van der Waals surface area contributed by atoms with Gasteiger partial charge in [-0.3, -0.25) is 0 Å². The predicted octanol–water partition coefficient (Wildman–Crippen LogP) is 2.63. The van der Waals surface area contributed by atoms with Gasteiger partial charge in [0, 0.05) is 30.9 Å². The van der Waals surface area contributed by atoms with Gasteiger partial charge in [-0.05, 0) is 12.5 Å². The van der Waals surface area contributed by atoms with Crippen LogP contribution in [0.15, 0.2) is 18.5 Å². The molecule has 2 heterocycles. The Bertz CT molecular complexity index is 585. The molecule has 21 heavy (non-hydrogen) atoms. The second-order valence-electron chi connectivity index (χ2n) is 6.42. The second-order valence-corrected chi connectivity index (χ2v) is 6.42. The van der Waals surface area contributed by atoms with Gasteiger partial charge in [-0.2, -0.15) is 5.10 Å². The Balaban J connectivity index is 2.44. The summed E-state index contributed by atoms with van der Waals surface area (Å²) in [5.41, 5.74) is 2.07. The summed E-state index contributed by atoms with van der Waals surface area (Å²) in [7, 11) is 0. The van der Waals surface area contributed by atoms with E-state index in [4.69, 9.17) is 0 Å². The Morgan fingerprint density at radius 1 is 1.29 bits per heavy atom. The van der Waals surface area contributed by atoms with Gasteiger partial charge in [0.2, 0.25) is 0 Å². The van der Waals surface area contributed by atoms with Crippen molar-refractivity contribution in [3.05, 3.63) is 24.2 Å². The Kier molecular flexibility index (Phi) is 4.83. The molecule has 2 rings (SSSR count). The van der Waals surface area contributed by atoms with Crippen LogP contribution in [0.5, 0.6) is 0 Å². The summed E-state index contributed by atoms with van der Waals surface area (Å²) in [4.78, 5) is 6.67. The first-order valence-corrected chi connectivity index (χ1v) is 7.68. The van der Waals surface area contributed by atoms with E-state index in [9.17, 15) is 5.11 Å². The Morgan fingerprint density at radius 2 is 2.05 bits per heavy atom. The molecule has 1 N–H and O–H groups in total. The van der Waals surface area contributed by atoms with Crippen LogP contribution in [0.4, 0.5) is 5.82 Å². The molecule has 2 aromatic heterocycles. The molecular weight excluding hydrogens is 264 g/mol. The van der Waals surface area contributed by atoms with Crippen LogP contribution in [0.3, 0.4) is 0 Å². The maximum absolute atomic E-state index is 9.31. The minimum Gasteiger partial charge on any atom is -0.395 e. The first kappa shape index (κ1) is 15.8. The normalized spacial score (nSPS) is 12.0. The second kappa shape index (κ2) is 6.43. The molecule has 0 saturated heterocycles. The summed E-state index contributed by atoms with van der Waals surface area (Å²) >= 11 is 0. The zero-order chi connectivity index (χ0) is 15.5. The van der Waals surface area contributed by atoms with E-state index in [0.717, 1.165) is 36.4 Å². The fourth-order valence-corrected chi connectivity index (χ4v) is 2.31. The first-order chi connectivity index (χ1) is 9.97. The smallest absolute Gasteiger partial charge is 0.154 e. The van der Waals surface area contributed by atoms with Gasteiger partial charge in [0.25, 0.3) is 0 Å². The zero-order valence-electron chi connectivity index (χ0n) is 13.5. The van der Waals surface area contributed by atoms with Gasteiger partial charge < -0.3 is 10.0 Å². The number of aliphatic hydroxyl groups is 1. The standard InChI is InChI=1S/C16H26N4O/c1-5-6-8-19(10-11-21)15-13-12-14(16(2,3)4)18-20(13)9-7-17-15/h7,9,12,21H,5-6,8,10-11H2,1-4H3. The van der Waals surface area contributed by atoms with E-state index in [-0.39, 0.29) is 12.0 Å². The van der Waals surface area contributed by atoms with Gasteiger partial charge in [0.05, 0.1) is 12.3 Å². The molecule has 5 heteroatoms. The van der Waals surface area contributed by atoms with Crippen molar-refractivity contribution >= 4 is 11.3 Å². The number of fused-ring (bicyclic) bond motifs is 1. The van der Waals surface area contributed by atoms with Crippen molar-refractivity contribution in [2.24, 2.45) is 0 Å². The van der Waals surface area contributed by atoms with Crippen molar-refractivity contribution in [2.75, 3.05) is 24.6 Å². The van der Waals surface area contributed by atoms with Crippen LogP contribution in [0, 0.1) is 0 Å². The molecule has 0 spiro atoms. The summed E-state index contributed by atoms with van der Waals surface area (Å²) in [6.07, 6.45) is 5.86. The number of aliphatic hydroxyl groups excluding tert-OH is 1. The van der Waals surface area contributed by atoms with Crippen molar-refractivity contribution in [3.63, 3.8) is 0 Å². The van der Waals surface area contributed by atoms with Gasteiger partial charge in [-0.1, -0.05) is 34.1 Å². The van der Waals surface area contributed by atoms with Gasteiger partial charge in [0.15, 0.2) is 5.82 Å². The van der Waals surface area contributed by atoms with Gasteiger partial charge in [-0.15, -0.1) is 0 Å². The largest absolute Gasteiger partial charge is 0.395 e. The summed E-state index contributed by atoms with van der Waals surface area (Å²) in [5.74, 6) is 0.906. The molecule has 5 nitrogen and oxygen atoms in total. The van der Waals surface area contributed by atoms with Crippen LogP contribution in [-0.2, 0) is 5.41 Å². The van der Waals surface area contributed by atoms with Crippen molar-refractivity contribution in [1.29, 1.82) is 0 Å². The average molecular weight is 290 g/mol. The van der Waals surface area contributed by atoms with Crippen molar-refractivity contribution in [3.8, 4) is 0 Å². The van der Waals surface area contributed by atoms with Crippen LogP contribution < -0.4 is 4.90 Å². The Labute approximate surface area is 126 Å². The predicted molar refractivity (Wildman–Crippen MR) is 85.9 cm³/mol. The first-order valence-electron chi connectivity index (χ1n) is 7.68. The summed E-state index contributed by atoms with van der Waals surface area (Å²) in [5, 5.41) is 14.0. The van der Waals surface area contributed by atoms with E-state index < -0.39 is 0 Å². The molecule has 0 aliphatic heterocycles. The van der Waals surface area contributed by atoms with Gasteiger partial charge >= 0.3 is 0 Å². The van der Waals surface area contributed by atoms with Crippen LogP contribution in [0.2, 0.25) is 0 Å². The minimum atomic E-state index is 0.00845. The molecule has 0 fully saturated rings. The highest BCUT2D eigenvalue weighted by Gasteiger charge is 2.20. The van der Waals surface area contributed by atoms with Crippen LogP contribution in [0.25, 0.3) is 5.52 Å². The van der Waals surface area contributed by atoms with E-state index >= 15 is 0 Å². The fourth-order valence-electron chi connectivity index (χ4n) is 2.31. The lowest BCUT2D eigenvalue weighted by molar-refractivity contribution is 0.301. The number of anilines is 1. The maximum Gasteiger partial charge on any atom is 0.154 e. The highest BCUT2D eigenvalue weighted by molar-refractivity contribution is 5.69. The Morgan fingerprint density at radius 3 is 2.67 bits per heavy atom. The number of aromatic nitrogens is 3. The SMILES string of the molecule is CCCCN(CCO)c1nccn2nc(C(C)(C)C)cc12. The third-order valence-corrected chi connectivity index (χ3v) is 3.59. The maximum atomic E-state index is 9.31. The van der Waals surface area contributed by atoms with Gasteiger partial charge in [-0.25, -0.2) is 9.50 Å². The molecular formula is C16H26N4O. The van der Waals surface area contributed by atoms with E-state index in [1.54, 1.807) is 6.20 Å². The molecule has 0 aromatic carbocycles. The summed E-state index contributed by atoms with van der Waals surface area (Å²) in [6.45, 7) is 10.3. The fraction of sp³-hybridized carbons (Fsp3) is 0.625. The van der Waals surface area contributed by atoms with Crippen LogP contribution in [-0.4, -0.2) is 39.4 Å². The molecule has 0 unspecified atom stereocenters. The number of unbranched alkanes of at least 4 members (excludes halogenated alkanes) is 1. The van der Waals surface area contributed by atoms with Crippen molar-refractivity contribution in [2.45, 2.75) is 46.0 Å². The quantitative estimate of drug-likeness (QED) is 0.888. The third-order valence-electron chi connectivity index (χ3n) is 3.59. The summed E-state index contributed by atoms with van der Waals surface area (Å²) < 4.78 is 1.89. The van der Waals surface area contributed by atoms with Crippen molar-refractivity contribution < 1.29 is 5.11 Å². The van der Waals surface area contributed by atoms with E-state index in [0.29, 0.717) is 6.54 Å². The number of hydrogen-bond acceptors (Lipinski definition) is 4. The topological polar surface area (TPSA) is 53.7 Å². The monoisotopic (exact) mass is 290 g/mol. The lowest BCUT2D eigenvalue weighted by Gasteiger charge is -2.23. The molecule has 0 amide bonds. The molecule has 2 aromatic rings. The highest BCUT2D eigenvalue weighted by Crippen LogP contribution is 2.26. The molecule has 0 saturated carbocycles. The molecule has 0 bridgehead atoms. The molecule has 0 atom stereocenters. The van der Waals surface area contributed by atoms with Crippen LogP contribution in [0.1, 0.15) is 46.2 Å². The van der Waals surface area contributed by atoms with Crippen LogP contribution >= 0.6 is 0 Å².